The normalized spacial score (nSPS) is 12.6. The summed E-state index contributed by atoms with van der Waals surface area (Å²) in [5, 5.41) is 9.92. The number of hydrogen-bond acceptors (Lipinski definition) is 3. The van der Waals surface area contributed by atoms with Gasteiger partial charge >= 0.3 is 0 Å². The molecule has 78 valence electrons. The fourth-order valence-corrected chi connectivity index (χ4v) is 1.43. The van der Waals surface area contributed by atoms with Crippen LogP contribution >= 0.6 is 11.6 Å². The molecule has 0 fully saturated rings. The van der Waals surface area contributed by atoms with E-state index in [1.54, 1.807) is 19.2 Å². The third-order valence-electron chi connectivity index (χ3n) is 2.14. The number of rotatable bonds is 3. The van der Waals surface area contributed by atoms with Gasteiger partial charge in [0, 0.05) is 17.7 Å². The summed E-state index contributed by atoms with van der Waals surface area (Å²) in [5.74, 6) is 0.647. The minimum Gasteiger partial charge on any atom is -0.506 e. The molecule has 0 saturated heterocycles. The van der Waals surface area contributed by atoms with E-state index in [0.717, 1.165) is 6.42 Å². The van der Waals surface area contributed by atoms with Crippen molar-refractivity contribution in [1.29, 1.82) is 0 Å². The summed E-state index contributed by atoms with van der Waals surface area (Å²) in [7, 11) is 1.55. The Labute approximate surface area is 88.4 Å². The van der Waals surface area contributed by atoms with Crippen LogP contribution < -0.4 is 10.5 Å². The summed E-state index contributed by atoms with van der Waals surface area (Å²) in [6.07, 6.45) is 0.733. The third-order valence-corrected chi connectivity index (χ3v) is 2.43. The lowest BCUT2D eigenvalue weighted by atomic mass is 10.0. The van der Waals surface area contributed by atoms with Crippen molar-refractivity contribution in [2.24, 2.45) is 5.73 Å². The van der Waals surface area contributed by atoms with Gasteiger partial charge in [-0.05, 0) is 12.5 Å². The summed E-state index contributed by atoms with van der Waals surface area (Å²) >= 11 is 5.81. The minimum absolute atomic E-state index is 0.0433. The number of phenolic OH excluding ortho intramolecular Hbond substituents is 1. The first kappa shape index (κ1) is 11.1. The molecule has 0 aliphatic heterocycles. The van der Waals surface area contributed by atoms with Crippen molar-refractivity contribution < 1.29 is 9.84 Å². The standard InChI is InChI=1S/C10H14ClNO2/c1-3-9(12)7-4-6(14-2)5-8(11)10(7)13/h4-5,9,13H,3,12H2,1-2H3/t9-/m0/s1. The van der Waals surface area contributed by atoms with E-state index >= 15 is 0 Å². The Morgan fingerprint density at radius 2 is 2.21 bits per heavy atom. The van der Waals surface area contributed by atoms with Crippen molar-refractivity contribution >= 4 is 11.6 Å². The van der Waals surface area contributed by atoms with Crippen LogP contribution in [0.25, 0.3) is 0 Å². The summed E-state index contributed by atoms with van der Waals surface area (Å²) in [5.41, 5.74) is 6.44. The second-order valence-electron chi connectivity index (χ2n) is 3.06. The van der Waals surface area contributed by atoms with Gasteiger partial charge in [-0.1, -0.05) is 18.5 Å². The fourth-order valence-electron chi connectivity index (χ4n) is 1.21. The van der Waals surface area contributed by atoms with Gasteiger partial charge in [0.05, 0.1) is 12.1 Å². The largest absolute Gasteiger partial charge is 0.506 e. The van der Waals surface area contributed by atoms with Gasteiger partial charge in [0.25, 0.3) is 0 Å². The Morgan fingerprint density at radius 3 is 2.71 bits per heavy atom. The number of benzene rings is 1. The van der Waals surface area contributed by atoms with E-state index in [-0.39, 0.29) is 16.8 Å². The van der Waals surface area contributed by atoms with Crippen molar-refractivity contribution in [3.8, 4) is 11.5 Å². The van der Waals surface area contributed by atoms with Crippen LogP contribution in [0.2, 0.25) is 5.02 Å². The van der Waals surface area contributed by atoms with Crippen LogP contribution in [-0.2, 0) is 0 Å². The van der Waals surface area contributed by atoms with Gasteiger partial charge in [0.1, 0.15) is 11.5 Å². The average Bonchev–Trinajstić information content (AvgIpc) is 2.20. The van der Waals surface area contributed by atoms with E-state index < -0.39 is 0 Å². The molecule has 1 atom stereocenters. The van der Waals surface area contributed by atoms with Gasteiger partial charge in [0.15, 0.2) is 0 Å². The molecular weight excluding hydrogens is 202 g/mol. The zero-order chi connectivity index (χ0) is 10.7. The van der Waals surface area contributed by atoms with Crippen molar-refractivity contribution in [2.75, 3.05) is 7.11 Å². The number of hydrogen-bond donors (Lipinski definition) is 2. The van der Waals surface area contributed by atoms with E-state index in [1.807, 2.05) is 6.92 Å². The summed E-state index contributed by atoms with van der Waals surface area (Å²) < 4.78 is 5.03. The van der Waals surface area contributed by atoms with Crippen LogP contribution in [0.4, 0.5) is 0 Å². The molecule has 4 heteroatoms. The number of ether oxygens (including phenoxy) is 1. The Balaban J connectivity index is 3.20. The van der Waals surface area contributed by atoms with Crippen LogP contribution in [0, 0.1) is 0 Å². The van der Waals surface area contributed by atoms with E-state index in [4.69, 9.17) is 22.1 Å². The lowest BCUT2D eigenvalue weighted by Crippen LogP contribution is -2.09. The minimum atomic E-state index is -0.220. The van der Waals surface area contributed by atoms with Crippen LogP contribution in [0.5, 0.6) is 11.5 Å². The predicted octanol–water partition coefficient (Wildman–Crippen LogP) is 2.46. The molecule has 1 rings (SSSR count). The van der Waals surface area contributed by atoms with Gasteiger partial charge in [0.2, 0.25) is 0 Å². The van der Waals surface area contributed by atoms with Gasteiger partial charge < -0.3 is 15.6 Å². The first-order valence-electron chi connectivity index (χ1n) is 4.42. The average molecular weight is 216 g/mol. The van der Waals surface area contributed by atoms with Crippen molar-refractivity contribution in [3.63, 3.8) is 0 Å². The summed E-state index contributed by atoms with van der Waals surface area (Å²) in [6.45, 7) is 1.94. The molecule has 3 nitrogen and oxygen atoms in total. The Bertz CT molecular complexity index is 328. The number of phenols is 1. The zero-order valence-electron chi connectivity index (χ0n) is 8.25. The molecule has 0 saturated carbocycles. The molecule has 0 aliphatic carbocycles. The van der Waals surface area contributed by atoms with Gasteiger partial charge in [-0.2, -0.15) is 0 Å². The molecule has 0 radical (unpaired) electrons. The quantitative estimate of drug-likeness (QED) is 0.815. The highest BCUT2D eigenvalue weighted by Gasteiger charge is 2.13. The monoisotopic (exact) mass is 215 g/mol. The van der Waals surface area contributed by atoms with Crippen molar-refractivity contribution in [2.45, 2.75) is 19.4 Å². The first-order valence-corrected chi connectivity index (χ1v) is 4.79. The summed E-state index contributed by atoms with van der Waals surface area (Å²) in [6, 6.07) is 3.04. The first-order chi connectivity index (χ1) is 6.60. The Kier molecular flexibility index (Phi) is 3.61. The van der Waals surface area contributed by atoms with Crippen LogP contribution in [0.3, 0.4) is 0 Å². The Hall–Kier alpha value is -0.930. The maximum atomic E-state index is 9.65. The molecule has 0 aromatic heterocycles. The molecule has 0 aliphatic rings. The molecule has 0 spiro atoms. The zero-order valence-corrected chi connectivity index (χ0v) is 9.01. The van der Waals surface area contributed by atoms with Gasteiger partial charge in [-0.3, -0.25) is 0 Å². The Morgan fingerprint density at radius 1 is 1.57 bits per heavy atom. The molecular formula is C10H14ClNO2. The number of halogens is 1. The number of aromatic hydroxyl groups is 1. The van der Waals surface area contributed by atoms with Gasteiger partial charge in [-0.25, -0.2) is 0 Å². The molecule has 1 aromatic carbocycles. The van der Waals surface area contributed by atoms with E-state index in [1.165, 1.54) is 0 Å². The number of methoxy groups -OCH3 is 1. The SMILES string of the molecule is CC[C@H](N)c1cc(OC)cc(Cl)c1O. The highest BCUT2D eigenvalue weighted by Crippen LogP contribution is 2.35. The summed E-state index contributed by atoms with van der Waals surface area (Å²) in [4.78, 5) is 0. The highest BCUT2D eigenvalue weighted by molar-refractivity contribution is 6.32. The van der Waals surface area contributed by atoms with Gasteiger partial charge in [-0.15, -0.1) is 0 Å². The molecule has 14 heavy (non-hydrogen) atoms. The van der Waals surface area contributed by atoms with E-state index in [9.17, 15) is 5.11 Å². The topological polar surface area (TPSA) is 55.5 Å². The van der Waals surface area contributed by atoms with Crippen molar-refractivity contribution in [1.82, 2.24) is 0 Å². The maximum Gasteiger partial charge on any atom is 0.139 e. The highest BCUT2D eigenvalue weighted by atomic mass is 35.5. The maximum absolute atomic E-state index is 9.65. The van der Waals surface area contributed by atoms with E-state index in [0.29, 0.717) is 11.3 Å². The smallest absolute Gasteiger partial charge is 0.139 e. The lowest BCUT2D eigenvalue weighted by Gasteiger charge is -2.13. The molecule has 1 aromatic rings. The second-order valence-corrected chi connectivity index (χ2v) is 3.47. The van der Waals surface area contributed by atoms with Crippen molar-refractivity contribution in [3.05, 3.63) is 22.7 Å². The molecule has 0 heterocycles. The van der Waals surface area contributed by atoms with Crippen LogP contribution in [0.1, 0.15) is 24.9 Å². The second kappa shape index (κ2) is 4.53. The van der Waals surface area contributed by atoms with E-state index in [2.05, 4.69) is 0 Å². The molecule has 0 amide bonds. The predicted molar refractivity (Wildman–Crippen MR) is 56.9 cm³/mol. The fraction of sp³-hybridized carbons (Fsp3) is 0.400. The molecule has 0 bridgehead atoms. The molecule has 3 N–H and O–H groups in total. The molecule has 0 unspecified atom stereocenters. The third kappa shape index (κ3) is 2.11. The van der Waals surface area contributed by atoms with Crippen LogP contribution in [-0.4, -0.2) is 12.2 Å². The lowest BCUT2D eigenvalue weighted by molar-refractivity contribution is 0.409. The number of nitrogens with two attached hydrogens (primary N) is 1. The van der Waals surface area contributed by atoms with Crippen LogP contribution in [0.15, 0.2) is 12.1 Å².